The van der Waals surface area contributed by atoms with Crippen molar-refractivity contribution in [1.82, 2.24) is 4.90 Å². The molecule has 0 spiro atoms. The Bertz CT molecular complexity index is 488. The van der Waals surface area contributed by atoms with Crippen molar-refractivity contribution >= 4 is 17.9 Å². The third kappa shape index (κ3) is 3.66. The van der Waals surface area contributed by atoms with E-state index < -0.39 is 5.91 Å². The number of morpholine rings is 1. The Morgan fingerprint density at radius 1 is 1.16 bits per heavy atom. The molecule has 1 saturated heterocycles. The van der Waals surface area contributed by atoms with E-state index in [9.17, 15) is 9.59 Å². The number of ether oxygens (including phenoxy) is 1. The second kappa shape index (κ2) is 6.15. The van der Waals surface area contributed by atoms with E-state index in [1.807, 2.05) is 0 Å². The van der Waals surface area contributed by atoms with Gasteiger partial charge in [-0.3, -0.25) is 9.59 Å². The monoisotopic (exact) mass is 260 g/mol. The summed E-state index contributed by atoms with van der Waals surface area (Å²) in [6, 6.07) is 6.79. The van der Waals surface area contributed by atoms with Crippen molar-refractivity contribution in [2.75, 3.05) is 26.3 Å². The van der Waals surface area contributed by atoms with E-state index in [2.05, 4.69) is 0 Å². The fourth-order valence-electron chi connectivity index (χ4n) is 1.82. The van der Waals surface area contributed by atoms with Crippen LogP contribution in [0, 0.1) is 0 Å². The van der Waals surface area contributed by atoms with Crippen molar-refractivity contribution < 1.29 is 14.3 Å². The van der Waals surface area contributed by atoms with Crippen LogP contribution in [0.3, 0.4) is 0 Å². The molecule has 1 heterocycles. The average molecular weight is 260 g/mol. The number of nitrogens with two attached hydrogens (primary N) is 1. The second-order valence-electron chi connectivity index (χ2n) is 4.26. The van der Waals surface area contributed by atoms with E-state index in [0.717, 1.165) is 5.56 Å². The molecule has 5 nitrogen and oxygen atoms in total. The first-order chi connectivity index (χ1) is 9.16. The molecule has 1 aliphatic rings. The molecular weight excluding hydrogens is 244 g/mol. The molecule has 1 fully saturated rings. The molecule has 0 radical (unpaired) electrons. The van der Waals surface area contributed by atoms with Crippen LogP contribution < -0.4 is 5.73 Å². The van der Waals surface area contributed by atoms with E-state index in [4.69, 9.17) is 10.5 Å². The Kier molecular flexibility index (Phi) is 4.30. The van der Waals surface area contributed by atoms with Gasteiger partial charge >= 0.3 is 0 Å². The fraction of sp³-hybridized carbons (Fsp3) is 0.286. The standard InChI is InChI=1S/C14H16N2O3/c15-14(18)12-4-1-11(2-5-12)3-6-13(17)16-7-9-19-10-8-16/h1-6H,7-10H2,(H2,15,18). The number of benzene rings is 1. The molecule has 5 heteroatoms. The molecule has 19 heavy (non-hydrogen) atoms. The lowest BCUT2D eigenvalue weighted by atomic mass is 10.1. The number of primary amides is 1. The van der Waals surface area contributed by atoms with Gasteiger partial charge in [-0.2, -0.15) is 0 Å². The van der Waals surface area contributed by atoms with E-state index in [-0.39, 0.29) is 5.91 Å². The average Bonchev–Trinajstić information content (AvgIpc) is 2.46. The van der Waals surface area contributed by atoms with Gasteiger partial charge in [0.15, 0.2) is 0 Å². The fourth-order valence-corrected chi connectivity index (χ4v) is 1.82. The third-order valence-corrected chi connectivity index (χ3v) is 2.94. The van der Waals surface area contributed by atoms with Crippen molar-refractivity contribution in [3.63, 3.8) is 0 Å². The zero-order valence-electron chi connectivity index (χ0n) is 10.5. The SMILES string of the molecule is NC(=O)c1ccc(C=CC(=O)N2CCOCC2)cc1. The highest BCUT2D eigenvalue weighted by molar-refractivity contribution is 5.94. The van der Waals surface area contributed by atoms with Crippen LogP contribution in [-0.4, -0.2) is 43.0 Å². The molecule has 0 atom stereocenters. The predicted octanol–water partition coefficient (Wildman–Crippen LogP) is 0.657. The zero-order chi connectivity index (χ0) is 13.7. The predicted molar refractivity (Wildman–Crippen MR) is 71.4 cm³/mol. The normalized spacial score (nSPS) is 15.7. The van der Waals surface area contributed by atoms with Gasteiger partial charge in [-0.15, -0.1) is 0 Å². The Balaban J connectivity index is 1.97. The molecule has 0 saturated carbocycles. The van der Waals surface area contributed by atoms with Gasteiger partial charge in [0.25, 0.3) is 0 Å². The molecule has 2 amide bonds. The quantitative estimate of drug-likeness (QED) is 0.811. The summed E-state index contributed by atoms with van der Waals surface area (Å²) in [5.74, 6) is -0.484. The summed E-state index contributed by atoms with van der Waals surface area (Å²) < 4.78 is 5.19. The van der Waals surface area contributed by atoms with Gasteiger partial charge in [-0.1, -0.05) is 12.1 Å². The summed E-state index contributed by atoms with van der Waals surface area (Å²) in [6.45, 7) is 2.44. The van der Waals surface area contributed by atoms with Gasteiger partial charge < -0.3 is 15.4 Å². The van der Waals surface area contributed by atoms with Gasteiger partial charge in [0.05, 0.1) is 13.2 Å². The van der Waals surface area contributed by atoms with Crippen LogP contribution in [0.15, 0.2) is 30.3 Å². The molecule has 1 aromatic rings. The molecule has 0 unspecified atom stereocenters. The van der Waals surface area contributed by atoms with Crippen molar-refractivity contribution in [2.45, 2.75) is 0 Å². The number of nitrogens with zero attached hydrogens (tertiary/aromatic N) is 1. The van der Waals surface area contributed by atoms with E-state index in [1.54, 1.807) is 35.2 Å². The molecular formula is C14H16N2O3. The maximum atomic E-state index is 11.9. The number of hydrogen-bond donors (Lipinski definition) is 1. The van der Waals surface area contributed by atoms with Crippen molar-refractivity contribution in [3.8, 4) is 0 Å². The maximum absolute atomic E-state index is 11.9. The van der Waals surface area contributed by atoms with Crippen LogP contribution in [0.1, 0.15) is 15.9 Å². The van der Waals surface area contributed by atoms with Crippen LogP contribution in [0.2, 0.25) is 0 Å². The Labute approximate surface area is 111 Å². The first kappa shape index (κ1) is 13.3. The lowest BCUT2D eigenvalue weighted by Gasteiger charge is -2.25. The van der Waals surface area contributed by atoms with E-state index in [1.165, 1.54) is 6.08 Å². The topological polar surface area (TPSA) is 72.6 Å². The summed E-state index contributed by atoms with van der Waals surface area (Å²) in [5.41, 5.74) is 6.46. The second-order valence-corrected chi connectivity index (χ2v) is 4.26. The Morgan fingerprint density at radius 3 is 2.37 bits per heavy atom. The van der Waals surface area contributed by atoms with Gasteiger partial charge in [-0.05, 0) is 23.8 Å². The molecule has 2 N–H and O–H groups in total. The Morgan fingerprint density at radius 2 is 1.79 bits per heavy atom. The summed E-state index contributed by atoms with van der Waals surface area (Å²) >= 11 is 0. The molecule has 100 valence electrons. The first-order valence-corrected chi connectivity index (χ1v) is 6.11. The number of amides is 2. The summed E-state index contributed by atoms with van der Waals surface area (Å²) in [5, 5.41) is 0. The van der Waals surface area contributed by atoms with Crippen LogP contribution in [-0.2, 0) is 9.53 Å². The van der Waals surface area contributed by atoms with Crippen molar-refractivity contribution in [3.05, 3.63) is 41.5 Å². The van der Waals surface area contributed by atoms with Gasteiger partial charge in [-0.25, -0.2) is 0 Å². The van der Waals surface area contributed by atoms with E-state index in [0.29, 0.717) is 31.9 Å². The number of rotatable bonds is 3. The molecule has 2 rings (SSSR count). The number of carbonyl (C=O) groups is 2. The first-order valence-electron chi connectivity index (χ1n) is 6.11. The van der Waals surface area contributed by atoms with Gasteiger partial charge in [0.1, 0.15) is 0 Å². The summed E-state index contributed by atoms with van der Waals surface area (Å²) in [4.78, 5) is 24.5. The molecule has 1 aliphatic heterocycles. The minimum absolute atomic E-state index is 0.0257. The lowest BCUT2D eigenvalue weighted by molar-refractivity contribution is -0.129. The number of hydrogen-bond acceptors (Lipinski definition) is 3. The smallest absolute Gasteiger partial charge is 0.248 e. The van der Waals surface area contributed by atoms with Crippen LogP contribution in [0.4, 0.5) is 0 Å². The third-order valence-electron chi connectivity index (χ3n) is 2.94. The highest BCUT2D eigenvalue weighted by atomic mass is 16.5. The molecule has 0 aliphatic carbocycles. The van der Waals surface area contributed by atoms with Crippen LogP contribution >= 0.6 is 0 Å². The number of carbonyl (C=O) groups excluding carboxylic acids is 2. The summed E-state index contributed by atoms with van der Waals surface area (Å²) in [7, 11) is 0. The molecule has 0 aromatic heterocycles. The largest absolute Gasteiger partial charge is 0.378 e. The lowest BCUT2D eigenvalue weighted by Crippen LogP contribution is -2.39. The van der Waals surface area contributed by atoms with Gasteiger partial charge in [0, 0.05) is 24.7 Å². The van der Waals surface area contributed by atoms with Crippen molar-refractivity contribution in [2.24, 2.45) is 5.73 Å². The summed E-state index contributed by atoms with van der Waals surface area (Å²) in [6.07, 6.45) is 3.26. The van der Waals surface area contributed by atoms with Crippen LogP contribution in [0.5, 0.6) is 0 Å². The van der Waals surface area contributed by atoms with Gasteiger partial charge in [0.2, 0.25) is 11.8 Å². The minimum Gasteiger partial charge on any atom is -0.378 e. The highest BCUT2D eigenvalue weighted by Crippen LogP contribution is 2.07. The molecule has 1 aromatic carbocycles. The Hall–Kier alpha value is -2.14. The molecule has 0 bridgehead atoms. The van der Waals surface area contributed by atoms with Crippen LogP contribution in [0.25, 0.3) is 6.08 Å². The minimum atomic E-state index is -0.458. The highest BCUT2D eigenvalue weighted by Gasteiger charge is 2.13. The zero-order valence-corrected chi connectivity index (χ0v) is 10.5. The van der Waals surface area contributed by atoms with E-state index >= 15 is 0 Å². The van der Waals surface area contributed by atoms with Crippen molar-refractivity contribution in [1.29, 1.82) is 0 Å². The maximum Gasteiger partial charge on any atom is 0.248 e.